The van der Waals surface area contributed by atoms with E-state index in [1.54, 1.807) is 0 Å². The highest BCUT2D eigenvalue weighted by Gasteiger charge is 2.09. The fraction of sp³-hybridized carbons (Fsp3) is 0.533. The molecule has 100 valence electrons. The van der Waals surface area contributed by atoms with Crippen molar-refractivity contribution in [1.82, 2.24) is 10.6 Å². The molecular weight excluding hydrogens is 224 g/mol. The molecule has 18 heavy (non-hydrogen) atoms. The Bertz CT molecular complexity index is 388. The fourth-order valence-electron chi connectivity index (χ4n) is 1.61. The van der Waals surface area contributed by atoms with Crippen molar-refractivity contribution in [3.05, 3.63) is 35.4 Å². The highest BCUT2D eigenvalue weighted by atomic mass is 16.2. The number of aryl methyl sites for hydroxylation is 1. The molecule has 3 nitrogen and oxygen atoms in total. The average Bonchev–Trinajstić information content (AvgIpc) is 2.28. The van der Waals surface area contributed by atoms with Crippen LogP contribution in [0.4, 0.5) is 4.79 Å². The summed E-state index contributed by atoms with van der Waals surface area (Å²) in [7, 11) is 0. The van der Waals surface area contributed by atoms with E-state index in [9.17, 15) is 4.79 Å². The van der Waals surface area contributed by atoms with E-state index < -0.39 is 0 Å². The van der Waals surface area contributed by atoms with Crippen molar-refractivity contribution in [3.8, 4) is 0 Å². The van der Waals surface area contributed by atoms with Gasteiger partial charge in [0, 0.05) is 12.6 Å². The largest absolute Gasteiger partial charge is 0.338 e. The van der Waals surface area contributed by atoms with Gasteiger partial charge < -0.3 is 10.6 Å². The van der Waals surface area contributed by atoms with Gasteiger partial charge in [0.15, 0.2) is 0 Å². The van der Waals surface area contributed by atoms with E-state index in [2.05, 4.69) is 49.6 Å². The van der Waals surface area contributed by atoms with Gasteiger partial charge in [0.25, 0.3) is 0 Å². The van der Waals surface area contributed by atoms with Gasteiger partial charge in [-0.3, -0.25) is 0 Å². The molecular formula is C15H24N2O. The lowest BCUT2D eigenvalue weighted by Gasteiger charge is -2.17. The van der Waals surface area contributed by atoms with Crippen molar-refractivity contribution < 1.29 is 4.79 Å². The maximum Gasteiger partial charge on any atom is 0.315 e. The van der Waals surface area contributed by atoms with Gasteiger partial charge in [-0.25, -0.2) is 4.79 Å². The standard InChI is InChI=1S/C15H24N2O/c1-11(2)13(4)17-15(18)16-9-8-14-7-5-6-12(3)10-14/h5-7,10-11,13H,8-9H2,1-4H3,(H2,16,17,18). The molecule has 0 aromatic heterocycles. The molecule has 0 bridgehead atoms. The van der Waals surface area contributed by atoms with Crippen molar-refractivity contribution in [2.24, 2.45) is 5.92 Å². The minimum absolute atomic E-state index is 0.0798. The number of carbonyl (C=O) groups is 1. The summed E-state index contributed by atoms with van der Waals surface area (Å²) in [5.41, 5.74) is 2.51. The van der Waals surface area contributed by atoms with Crippen LogP contribution >= 0.6 is 0 Å². The van der Waals surface area contributed by atoms with Crippen LogP contribution in [0.15, 0.2) is 24.3 Å². The van der Waals surface area contributed by atoms with E-state index in [1.807, 2.05) is 13.0 Å². The molecule has 1 aromatic rings. The van der Waals surface area contributed by atoms with Crippen LogP contribution in [0, 0.1) is 12.8 Å². The van der Waals surface area contributed by atoms with Crippen LogP contribution in [0.1, 0.15) is 31.9 Å². The molecule has 0 saturated heterocycles. The van der Waals surface area contributed by atoms with Gasteiger partial charge >= 0.3 is 6.03 Å². The molecule has 2 amide bonds. The second-order valence-electron chi connectivity index (χ2n) is 5.17. The first kappa shape index (κ1) is 14.6. The smallest absolute Gasteiger partial charge is 0.315 e. The van der Waals surface area contributed by atoms with Crippen LogP contribution < -0.4 is 10.6 Å². The topological polar surface area (TPSA) is 41.1 Å². The summed E-state index contributed by atoms with van der Waals surface area (Å²) in [6.45, 7) is 8.95. The quantitative estimate of drug-likeness (QED) is 0.826. The Morgan fingerprint density at radius 2 is 2.00 bits per heavy atom. The molecule has 1 rings (SSSR count). The number of hydrogen-bond acceptors (Lipinski definition) is 1. The molecule has 1 aromatic carbocycles. The molecule has 3 heteroatoms. The number of rotatable bonds is 5. The van der Waals surface area contributed by atoms with Gasteiger partial charge in [-0.1, -0.05) is 43.7 Å². The Morgan fingerprint density at radius 1 is 1.28 bits per heavy atom. The van der Waals surface area contributed by atoms with E-state index in [1.165, 1.54) is 11.1 Å². The third-order valence-corrected chi connectivity index (χ3v) is 3.14. The first-order valence-electron chi connectivity index (χ1n) is 6.59. The number of urea groups is 1. The van der Waals surface area contributed by atoms with Crippen molar-refractivity contribution in [1.29, 1.82) is 0 Å². The summed E-state index contributed by atoms with van der Waals surface area (Å²) < 4.78 is 0. The number of benzene rings is 1. The van der Waals surface area contributed by atoms with E-state index in [4.69, 9.17) is 0 Å². The van der Waals surface area contributed by atoms with Crippen LogP contribution in [0.2, 0.25) is 0 Å². The van der Waals surface area contributed by atoms with Crippen molar-refractivity contribution in [2.75, 3.05) is 6.54 Å². The zero-order chi connectivity index (χ0) is 13.5. The maximum atomic E-state index is 11.6. The Morgan fingerprint density at radius 3 is 2.61 bits per heavy atom. The van der Waals surface area contributed by atoms with Crippen LogP contribution in [0.3, 0.4) is 0 Å². The molecule has 0 aliphatic heterocycles. The second-order valence-corrected chi connectivity index (χ2v) is 5.17. The lowest BCUT2D eigenvalue weighted by molar-refractivity contribution is 0.234. The first-order valence-corrected chi connectivity index (χ1v) is 6.59. The van der Waals surface area contributed by atoms with Gasteiger partial charge in [0.05, 0.1) is 0 Å². The van der Waals surface area contributed by atoms with Crippen LogP contribution in [-0.4, -0.2) is 18.6 Å². The highest BCUT2D eigenvalue weighted by Crippen LogP contribution is 2.04. The van der Waals surface area contributed by atoms with Crippen LogP contribution in [0.25, 0.3) is 0 Å². The zero-order valence-electron chi connectivity index (χ0n) is 11.8. The molecule has 0 heterocycles. The molecule has 2 N–H and O–H groups in total. The van der Waals surface area contributed by atoms with E-state index >= 15 is 0 Å². The van der Waals surface area contributed by atoms with Crippen molar-refractivity contribution >= 4 is 6.03 Å². The summed E-state index contributed by atoms with van der Waals surface area (Å²) in [5, 5.41) is 5.81. The lowest BCUT2D eigenvalue weighted by atomic mass is 10.1. The van der Waals surface area contributed by atoms with Gasteiger partial charge in [-0.2, -0.15) is 0 Å². The minimum atomic E-state index is -0.0798. The number of hydrogen-bond donors (Lipinski definition) is 2. The number of amides is 2. The maximum absolute atomic E-state index is 11.6. The Balaban J connectivity index is 2.27. The summed E-state index contributed by atoms with van der Waals surface area (Å²) in [5.74, 6) is 0.451. The lowest BCUT2D eigenvalue weighted by Crippen LogP contribution is -2.43. The van der Waals surface area contributed by atoms with E-state index in [0.29, 0.717) is 12.5 Å². The first-order chi connectivity index (χ1) is 8.49. The molecule has 0 aliphatic carbocycles. The fourth-order valence-corrected chi connectivity index (χ4v) is 1.61. The Labute approximate surface area is 110 Å². The molecule has 0 radical (unpaired) electrons. The van der Waals surface area contributed by atoms with Gasteiger partial charge in [-0.15, -0.1) is 0 Å². The normalized spacial score (nSPS) is 12.3. The zero-order valence-corrected chi connectivity index (χ0v) is 11.8. The van der Waals surface area contributed by atoms with Crippen LogP contribution in [-0.2, 0) is 6.42 Å². The summed E-state index contributed by atoms with van der Waals surface area (Å²) >= 11 is 0. The number of nitrogens with one attached hydrogen (secondary N) is 2. The minimum Gasteiger partial charge on any atom is -0.338 e. The molecule has 0 aliphatic rings. The highest BCUT2D eigenvalue weighted by molar-refractivity contribution is 5.74. The van der Waals surface area contributed by atoms with Crippen molar-refractivity contribution in [2.45, 2.75) is 40.2 Å². The van der Waals surface area contributed by atoms with E-state index in [0.717, 1.165) is 6.42 Å². The van der Waals surface area contributed by atoms with Gasteiger partial charge in [-0.05, 0) is 31.7 Å². The predicted octanol–water partition coefficient (Wildman–Crippen LogP) is 2.88. The van der Waals surface area contributed by atoms with Crippen LogP contribution in [0.5, 0.6) is 0 Å². The predicted molar refractivity (Wildman–Crippen MR) is 75.7 cm³/mol. The second kappa shape index (κ2) is 7.04. The summed E-state index contributed by atoms with van der Waals surface area (Å²) in [6, 6.07) is 8.48. The third-order valence-electron chi connectivity index (χ3n) is 3.14. The molecule has 1 unspecified atom stereocenters. The third kappa shape index (κ3) is 5.21. The molecule has 0 saturated carbocycles. The van der Waals surface area contributed by atoms with E-state index in [-0.39, 0.29) is 12.1 Å². The van der Waals surface area contributed by atoms with Crippen molar-refractivity contribution in [3.63, 3.8) is 0 Å². The molecule has 0 fully saturated rings. The number of carbonyl (C=O) groups excluding carboxylic acids is 1. The summed E-state index contributed by atoms with van der Waals surface area (Å²) in [6.07, 6.45) is 0.866. The Kier molecular flexibility index (Phi) is 5.69. The SMILES string of the molecule is Cc1cccc(CCNC(=O)NC(C)C(C)C)c1. The average molecular weight is 248 g/mol. The van der Waals surface area contributed by atoms with Gasteiger partial charge in [0.1, 0.15) is 0 Å². The summed E-state index contributed by atoms with van der Waals surface area (Å²) in [4.78, 5) is 11.6. The monoisotopic (exact) mass is 248 g/mol. The van der Waals surface area contributed by atoms with Gasteiger partial charge in [0.2, 0.25) is 0 Å². The Hall–Kier alpha value is -1.51. The molecule has 1 atom stereocenters. The molecule has 0 spiro atoms.